The second kappa shape index (κ2) is 3.75. The molecule has 88 valence electrons. The molecule has 1 aromatic rings. The maximum atomic E-state index is 13.8. The molecule has 16 heavy (non-hydrogen) atoms. The first-order chi connectivity index (χ1) is 7.32. The van der Waals surface area contributed by atoms with Gasteiger partial charge in [-0.25, -0.2) is 22.3 Å². The number of primary sulfonamides is 1. The average molecular weight is 312 g/mol. The molecule has 0 aliphatic heterocycles. The quantitative estimate of drug-likeness (QED) is 0.852. The molecule has 0 aromatic heterocycles. The zero-order chi connectivity index (χ0) is 12.1. The Kier molecular flexibility index (Phi) is 2.80. The number of benzene rings is 1. The first kappa shape index (κ1) is 11.9. The second-order valence-electron chi connectivity index (χ2n) is 3.72. The van der Waals surface area contributed by atoms with Crippen LogP contribution < -0.4 is 5.14 Å². The van der Waals surface area contributed by atoms with Crippen LogP contribution in [0.2, 0.25) is 0 Å². The summed E-state index contributed by atoms with van der Waals surface area (Å²) in [5, 5.41) is 4.79. The van der Waals surface area contributed by atoms with Crippen LogP contribution in [0, 0.1) is 11.6 Å². The molecule has 0 amide bonds. The first-order valence-corrected chi connectivity index (χ1v) is 6.86. The highest BCUT2D eigenvalue weighted by Gasteiger charge is 2.33. The van der Waals surface area contributed by atoms with Gasteiger partial charge in [0.15, 0.2) is 10.7 Å². The number of hydrogen-bond donors (Lipinski definition) is 1. The molecule has 0 heterocycles. The maximum absolute atomic E-state index is 13.8. The molecular formula is C9H8BrF2NO2S. The molecule has 1 saturated carbocycles. The summed E-state index contributed by atoms with van der Waals surface area (Å²) in [7, 11) is -4.39. The molecule has 0 atom stereocenters. The van der Waals surface area contributed by atoms with Crippen molar-refractivity contribution < 1.29 is 17.2 Å². The van der Waals surface area contributed by atoms with Gasteiger partial charge in [0.25, 0.3) is 0 Å². The summed E-state index contributed by atoms with van der Waals surface area (Å²) in [5.41, 5.74) is 0.206. The van der Waals surface area contributed by atoms with E-state index in [4.69, 9.17) is 5.14 Å². The lowest BCUT2D eigenvalue weighted by Gasteiger charge is -2.09. The topological polar surface area (TPSA) is 60.2 Å². The number of rotatable bonds is 2. The average Bonchev–Trinajstić information content (AvgIpc) is 2.92. The van der Waals surface area contributed by atoms with Crippen molar-refractivity contribution in [3.8, 4) is 0 Å². The summed E-state index contributed by atoms with van der Waals surface area (Å²) in [5.74, 6) is -2.27. The lowest BCUT2D eigenvalue weighted by molar-refractivity contribution is 0.508. The molecule has 0 saturated heterocycles. The van der Waals surface area contributed by atoms with Gasteiger partial charge in [-0.05, 0) is 46.3 Å². The highest BCUT2D eigenvalue weighted by molar-refractivity contribution is 9.10. The smallest absolute Gasteiger partial charge is 0.224 e. The second-order valence-corrected chi connectivity index (χ2v) is 6.08. The van der Waals surface area contributed by atoms with E-state index in [1.54, 1.807) is 0 Å². The van der Waals surface area contributed by atoms with Crippen molar-refractivity contribution in [2.45, 2.75) is 23.7 Å². The molecule has 2 N–H and O–H groups in total. The predicted molar refractivity (Wildman–Crippen MR) is 57.4 cm³/mol. The molecule has 1 fully saturated rings. The van der Waals surface area contributed by atoms with Crippen LogP contribution in [0.5, 0.6) is 0 Å². The molecule has 7 heteroatoms. The third-order valence-corrected chi connectivity index (χ3v) is 3.95. The molecule has 0 bridgehead atoms. The third kappa shape index (κ3) is 1.99. The summed E-state index contributed by atoms with van der Waals surface area (Å²) in [6.45, 7) is 0. The monoisotopic (exact) mass is 311 g/mol. The normalized spacial score (nSPS) is 16.5. The van der Waals surface area contributed by atoms with Crippen LogP contribution in [0.15, 0.2) is 15.4 Å². The van der Waals surface area contributed by atoms with Crippen molar-refractivity contribution in [3.05, 3.63) is 27.7 Å². The van der Waals surface area contributed by atoms with Gasteiger partial charge in [-0.3, -0.25) is 0 Å². The molecule has 0 radical (unpaired) electrons. The van der Waals surface area contributed by atoms with Gasteiger partial charge >= 0.3 is 0 Å². The predicted octanol–water partition coefficient (Wildman–Crippen LogP) is 2.25. The molecule has 3 nitrogen and oxygen atoms in total. The van der Waals surface area contributed by atoms with E-state index < -0.39 is 26.6 Å². The molecule has 1 aliphatic rings. The van der Waals surface area contributed by atoms with Crippen molar-refractivity contribution in [3.63, 3.8) is 0 Å². The largest absolute Gasteiger partial charge is 0.243 e. The van der Waals surface area contributed by atoms with Gasteiger partial charge in [-0.2, -0.15) is 0 Å². The maximum Gasteiger partial charge on any atom is 0.243 e. The summed E-state index contributed by atoms with van der Waals surface area (Å²) >= 11 is 2.86. The van der Waals surface area contributed by atoms with Crippen LogP contribution >= 0.6 is 15.9 Å². The standard InChI is InChI=1S/C9H8BrF2NO2S/c10-6-3-5(4-1-2-4)7(11)9(8(6)12)16(13,14)15/h3-4H,1-2H2,(H2,13,14,15). The summed E-state index contributed by atoms with van der Waals surface area (Å²) in [6.07, 6.45) is 1.55. The van der Waals surface area contributed by atoms with E-state index in [0.717, 1.165) is 12.8 Å². The fourth-order valence-corrected chi connectivity index (χ4v) is 2.84. The Bertz CT molecular complexity index is 555. The van der Waals surface area contributed by atoms with E-state index in [-0.39, 0.29) is 16.0 Å². The van der Waals surface area contributed by atoms with Gasteiger partial charge in [-0.15, -0.1) is 0 Å². The van der Waals surface area contributed by atoms with E-state index in [1.165, 1.54) is 6.07 Å². The minimum atomic E-state index is -4.39. The molecular weight excluding hydrogens is 304 g/mol. The van der Waals surface area contributed by atoms with Crippen LogP contribution in [-0.4, -0.2) is 8.42 Å². The summed E-state index contributed by atoms with van der Waals surface area (Å²) < 4.78 is 49.4. The number of sulfonamides is 1. The van der Waals surface area contributed by atoms with Crippen molar-refractivity contribution >= 4 is 26.0 Å². The number of nitrogens with two attached hydrogens (primary N) is 1. The summed E-state index contributed by atoms with van der Waals surface area (Å²) in [6, 6.07) is 1.27. The fourth-order valence-electron chi connectivity index (χ4n) is 1.54. The Balaban J connectivity index is 2.75. The van der Waals surface area contributed by atoms with Gasteiger partial charge < -0.3 is 0 Å². The lowest BCUT2D eigenvalue weighted by atomic mass is 10.1. The van der Waals surface area contributed by atoms with Crippen molar-refractivity contribution in [2.24, 2.45) is 5.14 Å². The van der Waals surface area contributed by atoms with Gasteiger partial charge in [0.1, 0.15) is 5.82 Å². The van der Waals surface area contributed by atoms with Crippen molar-refractivity contribution in [2.75, 3.05) is 0 Å². The minimum Gasteiger partial charge on any atom is -0.224 e. The van der Waals surface area contributed by atoms with Crippen LogP contribution in [-0.2, 0) is 10.0 Å². The fraction of sp³-hybridized carbons (Fsp3) is 0.333. The van der Waals surface area contributed by atoms with E-state index >= 15 is 0 Å². The molecule has 1 aliphatic carbocycles. The first-order valence-electron chi connectivity index (χ1n) is 4.52. The van der Waals surface area contributed by atoms with Gasteiger partial charge in [0, 0.05) is 0 Å². The Morgan fingerprint density at radius 1 is 1.31 bits per heavy atom. The van der Waals surface area contributed by atoms with Crippen molar-refractivity contribution in [1.29, 1.82) is 0 Å². The number of halogens is 3. The highest BCUT2D eigenvalue weighted by atomic mass is 79.9. The summed E-state index contributed by atoms with van der Waals surface area (Å²) in [4.78, 5) is -1.05. The van der Waals surface area contributed by atoms with E-state index in [9.17, 15) is 17.2 Å². The molecule has 0 unspecified atom stereocenters. The zero-order valence-corrected chi connectivity index (χ0v) is 10.4. The third-order valence-electron chi connectivity index (χ3n) is 2.45. The van der Waals surface area contributed by atoms with E-state index in [0.29, 0.717) is 0 Å². The Hall–Kier alpha value is -0.530. The lowest BCUT2D eigenvalue weighted by Crippen LogP contribution is -2.17. The van der Waals surface area contributed by atoms with Gasteiger partial charge in [0.05, 0.1) is 4.47 Å². The van der Waals surface area contributed by atoms with Crippen LogP contribution in [0.3, 0.4) is 0 Å². The molecule has 2 rings (SSSR count). The molecule has 0 spiro atoms. The van der Waals surface area contributed by atoms with Crippen LogP contribution in [0.1, 0.15) is 24.3 Å². The Morgan fingerprint density at radius 2 is 1.88 bits per heavy atom. The highest BCUT2D eigenvalue weighted by Crippen LogP contribution is 2.44. The van der Waals surface area contributed by atoms with Crippen molar-refractivity contribution in [1.82, 2.24) is 0 Å². The van der Waals surface area contributed by atoms with E-state index in [2.05, 4.69) is 15.9 Å². The Labute approximate surface area is 99.8 Å². The Morgan fingerprint density at radius 3 is 2.31 bits per heavy atom. The van der Waals surface area contributed by atoms with Crippen LogP contribution in [0.25, 0.3) is 0 Å². The zero-order valence-electron chi connectivity index (χ0n) is 8.00. The molecule has 1 aromatic carbocycles. The minimum absolute atomic E-state index is 0.0302. The van der Waals surface area contributed by atoms with Crippen LogP contribution in [0.4, 0.5) is 8.78 Å². The van der Waals surface area contributed by atoms with E-state index in [1.807, 2.05) is 0 Å². The van der Waals surface area contributed by atoms with Gasteiger partial charge in [0.2, 0.25) is 10.0 Å². The number of hydrogen-bond acceptors (Lipinski definition) is 2. The van der Waals surface area contributed by atoms with Gasteiger partial charge in [-0.1, -0.05) is 0 Å². The SMILES string of the molecule is NS(=O)(=O)c1c(F)c(Br)cc(C2CC2)c1F.